The van der Waals surface area contributed by atoms with Crippen LogP contribution in [0.1, 0.15) is 24.8 Å². The molecule has 1 aromatic rings. The summed E-state index contributed by atoms with van der Waals surface area (Å²) in [6.07, 6.45) is 2.45. The summed E-state index contributed by atoms with van der Waals surface area (Å²) in [4.78, 5) is 15.6. The molecule has 6 heteroatoms. The molecular weight excluding hydrogens is 330 g/mol. The molecule has 2 fully saturated rings. The van der Waals surface area contributed by atoms with Gasteiger partial charge in [0.2, 0.25) is 5.91 Å². The Morgan fingerprint density at radius 1 is 1.22 bits per heavy atom. The van der Waals surface area contributed by atoms with E-state index in [2.05, 4.69) is 31.2 Å². The number of hydrogen-bond acceptors (Lipinski definition) is 4. The van der Waals surface area contributed by atoms with Crippen LogP contribution in [-0.2, 0) is 14.6 Å². The van der Waals surface area contributed by atoms with E-state index in [4.69, 9.17) is 0 Å². The number of rotatable bonds is 3. The van der Waals surface area contributed by atoms with Crippen molar-refractivity contribution < 1.29 is 13.2 Å². The Kier molecular flexibility index (Phi) is 5.01. The summed E-state index contributed by atoms with van der Waals surface area (Å²) in [7, 11) is -2.99. The van der Waals surface area contributed by atoms with Crippen molar-refractivity contribution in [3.05, 3.63) is 29.8 Å². The van der Waals surface area contributed by atoms with Gasteiger partial charge in [0, 0.05) is 23.2 Å². The highest BCUT2D eigenvalue weighted by atomic mass is 32.2. The summed E-state index contributed by atoms with van der Waals surface area (Å²) in [5.41, 5.74) is 1.27. The number of sulfone groups is 1. The Morgan fingerprint density at radius 3 is 2.57 bits per heavy atom. The predicted molar refractivity (Wildman–Crippen MR) is 93.4 cm³/mol. The third-order valence-corrected chi connectivity index (χ3v) is 7.73. The Hall–Kier alpha value is -1.01. The Morgan fingerprint density at radius 2 is 1.96 bits per heavy atom. The van der Waals surface area contributed by atoms with Crippen molar-refractivity contribution >= 4 is 27.5 Å². The van der Waals surface area contributed by atoms with E-state index in [1.165, 1.54) is 10.5 Å². The van der Waals surface area contributed by atoms with Gasteiger partial charge in [-0.3, -0.25) is 4.79 Å². The number of carbonyl (C=O) groups excluding carboxylic acids is 1. The molecule has 3 rings (SSSR count). The van der Waals surface area contributed by atoms with Crippen LogP contribution in [0.3, 0.4) is 0 Å². The average molecular weight is 354 g/mol. The van der Waals surface area contributed by atoms with Gasteiger partial charge < -0.3 is 4.90 Å². The Bertz CT molecular complexity index is 679. The summed E-state index contributed by atoms with van der Waals surface area (Å²) in [5, 5.41) is 0.535. The van der Waals surface area contributed by atoms with Crippen molar-refractivity contribution in [1.82, 2.24) is 4.90 Å². The number of benzene rings is 1. The van der Waals surface area contributed by atoms with E-state index in [1.54, 1.807) is 0 Å². The van der Waals surface area contributed by atoms with Crippen molar-refractivity contribution in [3.63, 3.8) is 0 Å². The van der Waals surface area contributed by atoms with Gasteiger partial charge in [-0.05, 0) is 38.3 Å². The van der Waals surface area contributed by atoms with E-state index in [-0.39, 0.29) is 23.3 Å². The maximum Gasteiger partial charge on any atom is 0.226 e. The Labute approximate surface area is 142 Å². The van der Waals surface area contributed by atoms with Crippen molar-refractivity contribution in [3.8, 4) is 0 Å². The largest absolute Gasteiger partial charge is 0.342 e. The number of aryl methyl sites for hydroxylation is 1. The standard InChI is InChI=1S/C17H23NO3S2/c1-13-3-2-4-16(11-13)22-15-5-8-18(9-6-15)17(19)14-7-10-23(20,21)12-14/h2-4,11,14-15H,5-10,12H2,1H3/t14-/m0/s1. The lowest BCUT2D eigenvalue weighted by Gasteiger charge is -2.33. The lowest BCUT2D eigenvalue weighted by Crippen LogP contribution is -2.42. The van der Waals surface area contributed by atoms with Gasteiger partial charge in [-0.25, -0.2) is 8.42 Å². The molecule has 2 aliphatic heterocycles. The highest BCUT2D eigenvalue weighted by Crippen LogP contribution is 2.31. The normalized spacial score (nSPS) is 24.7. The van der Waals surface area contributed by atoms with Crippen LogP contribution in [0.15, 0.2) is 29.2 Å². The monoisotopic (exact) mass is 353 g/mol. The molecule has 1 amide bonds. The van der Waals surface area contributed by atoms with Gasteiger partial charge in [-0.2, -0.15) is 0 Å². The molecular formula is C17H23NO3S2. The zero-order chi connectivity index (χ0) is 16.4. The lowest BCUT2D eigenvalue weighted by atomic mass is 10.0. The molecule has 2 heterocycles. The van der Waals surface area contributed by atoms with Crippen LogP contribution in [0.5, 0.6) is 0 Å². The van der Waals surface area contributed by atoms with Gasteiger partial charge >= 0.3 is 0 Å². The zero-order valence-electron chi connectivity index (χ0n) is 13.4. The topological polar surface area (TPSA) is 54.5 Å². The van der Waals surface area contributed by atoms with Gasteiger partial charge in [0.15, 0.2) is 9.84 Å². The quantitative estimate of drug-likeness (QED) is 0.838. The summed E-state index contributed by atoms with van der Waals surface area (Å²) >= 11 is 1.89. The SMILES string of the molecule is Cc1cccc(SC2CCN(C(=O)[C@H]3CCS(=O)(=O)C3)CC2)c1. The van der Waals surface area contributed by atoms with Crippen LogP contribution < -0.4 is 0 Å². The van der Waals surface area contributed by atoms with Crippen molar-refractivity contribution in [1.29, 1.82) is 0 Å². The molecule has 4 nitrogen and oxygen atoms in total. The fourth-order valence-corrected chi connectivity index (χ4v) is 6.30. The number of carbonyl (C=O) groups is 1. The summed E-state index contributed by atoms with van der Waals surface area (Å²) in [5.74, 6) is -0.0431. The average Bonchev–Trinajstić information content (AvgIpc) is 2.87. The fraction of sp³-hybridized carbons (Fsp3) is 0.588. The molecule has 1 aromatic carbocycles. The highest BCUT2D eigenvalue weighted by Gasteiger charge is 2.36. The molecule has 0 bridgehead atoms. The van der Waals surface area contributed by atoms with Crippen LogP contribution in [0, 0.1) is 12.8 Å². The van der Waals surface area contributed by atoms with E-state index < -0.39 is 9.84 Å². The molecule has 0 N–H and O–H groups in total. The maximum atomic E-state index is 12.5. The van der Waals surface area contributed by atoms with E-state index in [0.29, 0.717) is 11.7 Å². The number of nitrogens with zero attached hydrogens (tertiary/aromatic N) is 1. The molecule has 1 atom stereocenters. The molecule has 2 aliphatic rings. The first-order valence-corrected chi connectivity index (χ1v) is 10.9. The molecule has 0 aromatic heterocycles. The van der Waals surface area contributed by atoms with Crippen LogP contribution in [-0.4, -0.2) is 49.1 Å². The predicted octanol–water partition coefficient (Wildman–Crippen LogP) is 2.51. The molecule has 0 aliphatic carbocycles. The first kappa shape index (κ1) is 16.8. The van der Waals surface area contributed by atoms with Gasteiger partial charge in [0.05, 0.1) is 17.4 Å². The smallest absolute Gasteiger partial charge is 0.226 e. The number of hydrogen-bond donors (Lipinski definition) is 0. The van der Waals surface area contributed by atoms with Crippen LogP contribution in [0.2, 0.25) is 0 Å². The molecule has 0 saturated carbocycles. The minimum Gasteiger partial charge on any atom is -0.342 e. The number of likely N-dealkylation sites (tertiary alicyclic amines) is 1. The van der Waals surface area contributed by atoms with Gasteiger partial charge in [0.1, 0.15) is 0 Å². The minimum atomic E-state index is -2.99. The van der Waals surface area contributed by atoms with Crippen molar-refractivity contribution in [2.24, 2.45) is 5.92 Å². The second-order valence-corrected chi connectivity index (χ2v) is 10.2. The lowest BCUT2D eigenvalue weighted by molar-refractivity contribution is -0.135. The summed E-state index contributed by atoms with van der Waals surface area (Å²) in [6.45, 7) is 3.60. The van der Waals surface area contributed by atoms with Gasteiger partial charge in [-0.1, -0.05) is 17.7 Å². The minimum absolute atomic E-state index is 0.0454. The van der Waals surface area contributed by atoms with Gasteiger partial charge in [-0.15, -0.1) is 11.8 Å². The van der Waals surface area contributed by atoms with E-state index in [1.807, 2.05) is 16.7 Å². The van der Waals surface area contributed by atoms with Crippen molar-refractivity contribution in [2.45, 2.75) is 36.3 Å². The fourth-order valence-electron chi connectivity index (χ4n) is 3.32. The molecule has 23 heavy (non-hydrogen) atoms. The molecule has 0 unspecified atom stereocenters. The second-order valence-electron chi connectivity index (χ2n) is 6.56. The molecule has 126 valence electrons. The van der Waals surface area contributed by atoms with Gasteiger partial charge in [0.25, 0.3) is 0 Å². The number of amides is 1. The first-order valence-electron chi connectivity index (χ1n) is 8.15. The Balaban J connectivity index is 1.51. The first-order chi connectivity index (χ1) is 10.9. The summed E-state index contributed by atoms with van der Waals surface area (Å²) < 4.78 is 23.1. The number of thioether (sulfide) groups is 1. The zero-order valence-corrected chi connectivity index (χ0v) is 15.0. The highest BCUT2D eigenvalue weighted by molar-refractivity contribution is 8.00. The third kappa shape index (κ3) is 4.29. The molecule has 0 radical (unpaired) electrons. The van der Waals surface area contributed by atoms with Crippen LogP contribution >= 0.6 is 11.8 Å². The second kappa shape index (κ2) is 6.85. The third-order valence-electron chi connectivity index (χ3n) is 4.63. The maximum absolute atomic E-state index is 12.5. The molecule has 2 saturated heterocycles. The van der Waals surface area contributed by atoms with Crippen LogP contribution in [0.4, 0.5) is 0 Å². The number of piperidine rings is 1. The van der Waals surface area contributed by atoms with Crippen LogP contribution in [0.25, 0.3) is 0 Å². The van der Waals surface area contributed by atoms with E-state index in [9.17, 15) is 13.2 Å². The van der Waals surface area contributed by atoms with E-state index in [0.717, 1.165) is 25.9 Å². The van der Waals surface area contributed by atoms with E-state index >= 15 is 0 Å². The summed E-state index contributed by atoms with van der Waals surface area (Å²) in [6, 6.07) is 8.52. The van der Waals surface area contributed by atoms with Crippen molar-refractivity contribution in [2.75, 3.05) is 24.6 Å². The molecule has 0 spiro atoms.